The zero-order valence-corrected chi connectivity index (χ0v) is 15.0. The molecule has 1 amide bonds. The Labute approximate surface area is 153 Å². The molecule has 1 unspecified atom stereocenters. The van der Waals surface area contributed by atoms with Crippen LogP contribution in [0.25, 0.3) is 22.2 Å². The average molecular weight is 348 g/mol. The Bertz CT molecular complexity index is 880. The molecule has 0 aliphatic carbocycles. The molecular formula is C21H24N4O. The first kappa shape index (κ1) is 18.0. The molecule has 3 rings (SSSR count). The van der Waals surface area contributed by atoms with Gasteiger partial charge in [-0.3, -0.25) is 9.78 Å². The van der Waals surface area contributed by atoms with Crippen LogP contribution < -0.4 is 11.1 Å². The van der Waals surface area contributed by atoms with Gasteiger partial charge in [0, 0.05) is 35.9 Å². The van der Waals surface area contributed by atoms with Crippen molar-refractivity contribution in [3.8, 4) is 11.3 Å². The standard InChI is InChI=1S/C21H24N4O/c1-2-3-8-16(13-22)24-21(26)18-12-20(15-7-6-11-23-14-15)25-19-10-5-4-9-17(18)19/h4-7,9-12,14,16H,2-3,8,13,22H2,1H3,(H,24,26). The van der Waals surface area contributed by atoms with Crippen LogP contribution in [-0.2, 0) is 0 Å². The molecule has 2 aromatic heterocycles. The third-order valence-electron chi connectivity index (χ3n) is 4.44. The van der Waals surface area contributed by atoms with Gasteiger partial charge in [0.25, 0.3) is 5.91 Å². The molecular weight excluding hydrogens is 324 g/mol. The van der Waals surface area contributed by atoms with Gasteiger partial charge in [-0.2, -0.15) is 0 Å². The molecule has 0 saturated heterocycles. The van der Waals surface area contributed by atoms with Crippen molar-refractivity contribution in [2.24, 2.45) is 5.73 Å². The number of nitrogens with one attached hydrogen (secondary N) is 1. The fourth-order valence-corrected chi connectivity index (χ4v) is 2.99. The second-order valence-corrected chi connectivity index (χ2v) is 6.36. The van der Waals surface area contributed by atoms with Crippen LogP contribution in [-0.4, -0.2) is 28.5 Å². The third-order valence-corrected chi connectivity index (χ3v) is 4.44. The topological polar surface area (TPSA) is 80.9 Å². The number of carbonyl (C=O) groups excluding carboxylic acids is 1. The number of hydrogen-bond donors (Lipinski definition) is 2. The molecule has 0 spiro atoms. The maximum absolute atomic E-state index is 13.0. The summed E-state index contributed by atoms with van der Waals surface area (Å²) >= 11 is 0. The first-order valence-electron chi connectivity index (χ1n) is 9.04. The Morgan fingerprint density at radius 3 is 2.81 bits per heavy atom. The summed E-state index contributed by atoms with van der Waals surface area (Å²) in [5.74, 6) is -0.111. The van der Waals surface area contributed by atoms with E-state index in [4.69, 9.17) is 10.7 Å². The molecule has 0 bridgehead atoms. The van der Waals surface area contributed by atoms with Crippen LogP contribution in [0, 0.1) is 0 Å². The summed E-state index contributed by atoms with van der Waals surface area (Å²) in [6.45, 7) is 2.57. The van der Waals surface area contributed by atoms with Crippen LogP contribution in [0.5, 0.6) is 0 Å². The number of carbonyl (C=O) groups is 1. The minimum absolute atomic E-state index is 0.0174. The number of pyridine rings is 2. The van der Waals surface area contributed by atoms with E-state index in [2.05, 4.69) is 17.2 Å². The van der Waals surface area contributed by atoms with Crippen molar-refractivity contribution in [3.63, 3.8) is 0 Å². The maximum atomic E-state index is 13.0. The van der Waals surface area contributed by atoms with E-state index in [0.717, 1.165) is 41.4 Å². The van der Waals surface area contributed by atoms with E-state index in [1.807, 2.05) is 42.5 Å². The molecule has 0 fully saturated rings. The number of rotatable bonds is 7. The minimum Gasteiger partial charge on any atom is -0.348 e. The Morgan fingerprint density at radius 2 is 2.08 bits per heavy atom. The van der Waals surface area contributed by atoms with Gasteiger partial charge >= 0.3 is 0 Å². The summed E-state index contributed by atoms with van der Waals surface area (Å²) in [4.78, 5) is 21.8. The molecule has 0 aliphatic heterocycles. The highest BCUT2D eigenvalue weighted by atomic mass is 16.1. The monoisotopic (exact) mass is 348 g/mol. The number of unbranched alkanes of at least 4 members (excludes halogenated alkanes) is 1. The smallest absolute Gasteiger partial charge is 0.252 e. The van der Waals surface area contributed by atoms with Crippen molar-refractivity contribution in [2.45, 2.75) is 32.2 Å². The highest BCUT2D eigenvalue weighted by Crippen LogP contribution is 2.24. The van der Waals surface area contributed by atoms with Crippen LogP contribution in [0.2, 0.25) is 0 Å². The Hall–Kier alpha value is -2.79. The van der Waals surface area contributed by atoms with Gasteiger partial charge < -0.3 is 11.1 Å². The third kappa shape index (κ3) is 4.06. The van der Waals surface area contributed by atoms with Gasteiger partial charge in [0.2, 0.25) is 0 Å². The van der Waals surface area contributed by atoms with Crippen molar-refractivity contribution in [2.75, 3.05) is 6.54 Å². The van der Waals surface area contributed by atoms with Crippen molar-refractivity contribution >= 4 is 16.8 Å². The van der Waals surface area contributed by atoms with Crippen LogP contribution in [0.15, 0.2) is 54.9 Å². The first-order chi connectivity index (χ1) is 12.7. The normalized spacial score (nSPS) is 12.1. The molecule has 1 atom stereocenters. The summed E-state index contributed by atoms with van der Waals surface area (Å²) in [5, 5.41) is 3.92. The Morgan fingerprint density at radius 1 is 1.23 bits per heavy atom. The summed E-state index contributed by atoms with van der Waals surface area (Å²) in [7, 11) is 0. The molecule has 0 saturated carbocycles. The van der Waals surface area contributed by atoms with Crippen LogP contribution in [0.1, 0.15) is 36.5 Å². The van der Waals surface area contributed by atoms with Gasteiger partial charge in [0.05, 0.1) is 16.8 Å². The highest BCUT2D eigenvalue weighted by Gasteiger charge is 2.17. The SMILES string of the molecule is CCCCC(CN)NC(=O)c1cc(-c2cccnc2)nc2ccccc12. The van der Waals surface area contributed by atoms with Crippen molar-refractivity contribution < 1.29 is 4.79 Å². The van der Waals surface area contributed by atoms with E-state index in [0.29, 0.717) is 12.1 Å². The van der Waals surface area contributed by atoms with Gasteiger partial charge in [-0.1, -0.05) is 38.0 Å². The number of para-hydroxylation sites is 1. The van der Waals surface area contributed by atoms with Gasteiger partial charge in [0.15, 0.2) is 0 Å². The Kier molecular flexibility index (Phi) is 5.92. The summed E-state index contributed by atoms with van der Waals surface area (Å²) < 4.78 is 0. The van der Waals surface area contributed by atoms with E-state index >= 15 is 0 Å². The lowest BCUT2D eigenvalue weighted by Crippen LogP contribution is -2.40. The molecule has 26 heavy (non-hydrogen) atoms. The molecule has 0 radical (unpaired) electrons. The number of fused-ring (bicyclic) bond motifs is 1. The van der Waals surface area contributed by atoms with E-state index in [1.54, 1.807) is 12.4 Å². The van der Waals surface area contributed by atoms with E-state index < -0.39 is 0 Å². The van der Waals surface area contributed by atoms with Crippen molar-refractivity contribution in [3.05, 3.63) is 60.4 Å². The molecule has 2 heterocycles. The van der Waals surface area contributed by atoms with Crippen molar-refractivity contribution in [1.29, 1.82) is 0 Å². The zero-order valence-electron chi connectivity index (χ0n) is 15.0. The second-order valence-electron chi connectivity index (χ2n) is 6.36. The molecule has 3 aromatic rings. The minimum atomic E-state index is -0.111. The molecule has 5 heteroatoms. The predicted octanol–water partition coefficient (Wildman–Crippen LogP) is 3.54. The number of benzene rings is 1. The lowest BCUT2D eigenvalue weighted by molar-refractivity contribution is 0.0937. The number of nitrogens with two attached hydrogens (primary N) is 1. The number of aromatic nitrogens is 2. The maximum Gasteiger partial charge on any atom is 0.252 e. The van der Waals surface area contributed by atoms with Crippen LogP contribution in [0.4, 0.5) is 0 Å². The first-order valence-corrected chi connectivity index (χ1v) is 9.04. The summed E-state index contributed by atoms with van der Waals surface area (Å²) in [6, 6.07) is 13.3. The lowest BCUT2D eigenvalue weighted by Gasteiger charge is -2.17. The van der Waals surface area contributed by atoms with Gasteiger partial charge in [-0.25, -0.2) is 4.98 Å². The molecule has 0 aliphatic rings. The average Bonchev–Trinajstić information content (AvgIpc) is 2.70. The van der Waals surface area contributed by atoms with E-state index in [-0.39, 0.29) is 11.9 Å². The van der Waals surface area contributed by atoms with Crippen LogP contribution >= 0.6 is 0 Å². The molecule has 3 N–H and O–H groups in total. The number of amides is 1. The fraction of sp³-hybridized carbons (Fsp3) is 0.286. The fourth-order valence-electron chi connectivity index (χ4n) is 2.99. The molecule has 134 valence electrons. The molecule has 5 nitrogen and oxygen atoms in total. The van der Waals surface area contributed by atoms with Crippen molar-refractivity contribution in [1.82, 2.24) is 15.3 Å². The number of hydrogen-bond acceptors (Lipinski definition) is 4. The van der Waals surface area contributed by atoms with Gasteiger partial charge in [-0.15, -0.1) is 0 Å². The predicted molar refractivity (Wildman–Crippen MR) is 105 cm³/mol. The highest BCUT2D eigenvalue weighted by molar-refractivity contribution is 6.07. The van der Waals surface area contributed by atoms with Gasteiger partial charge in [-0.05, 0) is 30.7 Å². The summed E-state index contributed by atoms with van der Waals surface area (Å²) in [6.07, 6.45) is 6.48. The van der Waals surface area contributed by atoms with E-state index in [9.17, 15) is 4.79 Å². The zero-order chi connectivity index (χ0) is 18.4. The van der Waals surface area contributed by atoms with Crippen LogP contribution in [0.3, 0.4) is 0 Å². The largest absolute Gasteiger partial charge is 0.348 e. The summed E-state index contributed by atoms with van der Waals surface area (Å²) in [5.41, 5.74) is 8.86. The molecule has 1 aromatic carbocycles. The quantitative estimate of drug-likeness (QED) is 0.684. The Balaban J connectivity index is 1.99. The number of nitrogens with zero attached hydrogens (tertiary/aromatic N) is 2. The second kappa shape index (κ2) is 8.54. The lowest BCUT2D eigenvalue weighted by atomic mass is 10.0. The van der Waals surface area contributed by atoms with E-state index in [1.165, 1.54) is 0 Å². The van der Waals surface area contributed by atoms with Gasteiger partial charge in [0.1, 0.15) is 0 Å².